The molecule has 1 atom stereocenters. The molecule has 0 heterocycles. The standard InChI is InChI=1S/C8H16N/c1-4-6-8(5-2)7-9-3/h8-9H,4-7H2,1-2H3. The molecule has 3 radical (unpaired) electrons. The van der Waals surface area contributed by atoms with Gasteiger partial charge in [0.15, 0.2) is 0 Å². The van der Waals surface area contributed by atoms with Crippen molar-refractivity contribution in [2.75, 3.05) is 6.54 Å². The van der Waals surface area contributed by atoms with Crippen molar-refractivity contribution in [2.45, 2.75) is 33.1 Å². The Morgan fingerprint density at radius 3 is 2.44 bits per heavy atom. The van der Waals surface area contributed by atoms with Crippen LogP contribution >= 0.6 is 0 Å². The summed E-state index contributed by atoms with van der Waals surface area (Å²) in [6.07, 6.45) is 3.68. The van der Waals surface area contributed by atoms with Crippen LogP contribution in [0.3, 0.4) is 0 Å². The third kappa shape index (κ3) is 4.46. The molecule has 0 amide bonds. The van der Waals surface area contributed by atoms with Crippen molar-refractivity contribution >= 4 is 0 Å². The summed E-state index contributed by atoms with van der Waals surface area (Å²) in [7, 11) is 6.76. The number of rotatable bonds is 5. The minimum absolute atomic E-state index is 0.715. The van der Waals surface area contributed by atoms with Crippen molar-refractivity contribution in [3.63, 3.8) is 0 Å². The first-order valence-corrected chi connectivity index (χ1v) is 3.74. The summed E-state index contributed by atoms with van der Waals surface area (Å²) < 4.78 is 0. The summed E-state index contributed by atoms with van der Waals surface area (Å²) in [4.78, 5) is 0. The van der Waals surface area contributed by atoms with Crippen LogP contribution in [-0.2, 0) is 0 Å². The van der Waals surface area contributed by atoms with Gasteiger partial charge in [-0.05, 0) is 18.9 Å². The van der Waals surface area contributed by atoms with E-state index in [2.05, 4.69) is 19.2 Å². The van der Waals surface area contributed by atoms with Crippen LogP contribution in [0.2, 0.25) is 0 Å². The van der Waals surface area contributed by atoms with Gasteiger partial charge in [-0.3, -0.25) is 0 Å². The Hall–Kier alpha value is -0.0400. The molecule has 0 bridgehead atoms. The van der Waals surface area contributed by atoms with Crippen molar-refractivity contribution in [1.29, 1.82) is 0 Å². The Morgan fingerprint density at radius 2 is 2.11 bits per heavy atom. The highest BCUT2D eigenvalue weighted by molar-refractivity contribution is 4.58. The first kappa shape index (κ1) is 8.96. The zero-order valence-electron chi connectivity index (χ0n) is 6.41. The van der Waals surface area contributed by atoms with Crippen LogP contribution < -0.4 is 5.32 Å². The fraction of sp³-hybridized carbons (Fsp3) is 0.875. The largest absolute Gasteiger partial charge is 0.306 e. The fourth-order valence-corrected chi connectivity index (χ4v) is 1.00. The van der Waals surface area contributed by atoms with Gasteiger partial charge in [-0.25, -0.2) is 0 Å². The zero-order chi connectivity index (χ0) is 7.11. The molecule has 1 nitrogen and oxygen atoms in total. The van der Waals surface area contributed by atoms with E-state index in [1.54, 1.807) is 0 Å². The summed E-state index contributed by atoms with van der Waals surface area (Å²) in [6.45, 7) is 5.22. The predicted molar refractivity (Wildman–Crippen MR) is 39.9 cm³/mol. The van der Waals surface area contributed by atoms with Crippen molar-refractivity contribution in [3.8, 4) is 0 Å². The molecule has 0 aromatic rings. The normalized spacial score (nSPS) is 13.7. The van der Waals surface area contributed by atoms with E-state index in [1.807, 2.05) is 0 Å². The maximum absolute atomic E-state index is 6.76. The topological polar surface area (TPSA) is 12.0 Å². The molecule has 1 heteroatoms. The zero-order valence-corrected chi connectivity index (χ0v) is 6.41. The number of hydrogen-bond donors (Lipinski definition) is 1. The molecule has 0 saturated heterocycles. The Labute approximate surface area is 58.8 Å². The van der Waals surface area contributed by atoms with Crippen molar-refractivity contribution in [2.24, 2.45) is 5.92 Å². The van der Waals surface area contributed by atoms with E-state index in [-0.39, 0.29) is 0 Å². The van der Waals surface area contributed by atoms with E-state index in [1.165, 1.54) is 19.3 Å². The van der Waals surface area contributed by atoms with E-state index in [0.29, 0.717) is 5.92 Å². The molecule has 53 valence electrons. The monoisotopic (exact) mass is 126 g/mol. The molecule has 0 spiro atoms. The Balaban J connectivity index is 3.18. The van der Waals surface area contributed by atoms with Crippen molar-refractivity contribution in [3.05, 3.63) is 7.05 Å². The lowest BCUT2D eigenvalue weighted by molar-refractivity contribution is 0.451. The first-order chi connectivity index (χ1) is 4.35. The maximum atomic E-state index is 6.76. The van der Waals surface area contributed by atoms with Gasteiger partial charge in [-0.2, -0.15) is 0 Å². The Kier molecular flexibility index (Phi) is 6.06. The van der Waals surface area contributed by atoms with Crippen LogP contribution in [0, 0.1) is 13.0 Å². The molecular formula is C8H16N. The van der Waals surface area contributed by atoms with Gasteiger partial charge in [0.1, 0.15) is 0 Å². The molecule has 1 N–H and O–H groups in total. The number of nitrogens with one attached hydrogen (secondary N) is 1. The lowest BCUT2D eigenvalue weighted by atomic mass is 10.0. The molecule has 0 saturated carbocycles. The van der Waals surface area contributed by atoms with Crippen LogP contribution in [0.5, 0.6) is 0 Å². The van der Waals surface area contributed by atoms with E-state index in [0.717, 1.165) is 6.54 Å². The molecule has 1 unspecified atom stereocenters. The van der Waals surface area contributed by atoms with Crippen LogP contribution in [0.15, 0.2) is 0 Å². The summed E-state index contributed by atoms with van der Waals surface area (Å²) in [5, 5.41) is 2.45. The second kappa shape index (κ2) is 6.09. The van der Waals surface area contributed by atoms with Gasteiger partial charge in [0.2, 0.25) is 0 Å². The summed E-state index contributed by atoms with van der Waals surface area (Å²) in [6, 6.07) is 0. The average molecular weight is 126 g/mol. The summed E-state index contributed by atoms with van der Waals surface area (Å²) in [5.74, 6) is 0.715. The second-order valence-corrected chi connectivity index (χ2v) is 2.44. The highest BCUT2D eigenvalue weighted by atomic mass is 14.8. The lowest BCUT2D eigenvalue weighted by Gasteiger charge is -2.11. The Morgan fingerprint density at radius 1 is 1.44 bits per heavy atom. The maximum Gasteiger partial charge on any atom is 0.0851 e. The van der Waals surface area contributed by atoms with Gasteiger partial charge >= 0.3 is 0 Å². The average Bonchev–Trinajstić information content (AvgIpc) is 1.88. The highest BCUT2D eigenvalue weighted by Crippen LogP contribution is 2.08. The van der Waals surface area contributed by atoms with Gasteiger partial charge < -0.3 is 5.32 Å². The third-order valence-electron chi connectivity index (χ3n) is 1.67. The summed E-state index contributed by atoms with van der Waals surface area (Å²) >= 11 is 0. The van der Waals surface area contributed by atoms with E-state index < -0.39 is 0 Å². The summed E-state index contributed by atoms with van der Waals surface area (Å²) in [5.41, 5.74) is 0. The van der Waals surface area contributed by atoms with E-state index in [9.17, 15) is 0 Å². The van der Waals surface area contributed by atoms with Crippen molar-refractivity contribution < 1.29 is 0 Å². The van der Waals surface area contributed by atoms with Crippen molar-refractivity contribution in [1.82, 2.24) is 5.32 Å². The van der Waals surface area contributed by atoms with E-state index >= 15 is 0 Å². The molecule has 0 fully saturated rings. The quantitative estimate of drug-likeness (QED) is 0.593. The molecule has 0 aromatic heterocycles. The van der Waals surface area contributed by atoms with Gasteiger partial charge in [0, 0.05) is 0 Å². The first-order valence-electron chi connectivity index (χ1n) is 3.74. The third-order valence-corrected chi connectivity index (χ3v) is 1.67. The van der Waals surface area contributed by atoms with Gasteiger partial charge in [-0.15, -0.1) is 0 Å². The number of hydrogen-bond acceptors (Lipinski definition) is 1. The molecule has 0 aromatic carbocycles. The Bertz CT molecular complexity index is 46.5. The van der Waals surface area contributed by atoms with Gasteiger partial charge in [0.25, 0.3) is 0 Å². The fourth-order valence-electron chi connectivity index (χ4n) is 1.00. The highest BCUT2D eigenvalue weighted by Gasteiger charge is 2.01. The van der Waals surface area contributed by atoms with Gasteiger partial charge in [0.05, 0.1) is 7.05 Å². The molecule has 9 heavy (non-hydrogen) atoms. The molecule has 0 aliphatic rings. The molecule has 0 aliphatic heterocycles. The van der Waals surface area contributed by atoms with Crippen LogP contribution in [0.25, 0.3) is 0 Å². The minimum atomic E-state index is 0.715. The van der Waals surface area contributed by atoms with Gasteiger partial charge in [-0.1, -0.05) is 26.7 Å². The van der Waals surface area contributed by atoms with Crippen LogP contribution in [0.1, 0.15) is 33.1 Å². The molecular weight excluding hydrogens is 110 g/mol. The minimum Gasteiger partial charge on any atom is -0.306 e. The molecule has 0 aliphatic carbocycles. The smallest absolute Gasteiger partial charge is 0.0851 e. The second-order valence-electron chi connectivity index (χ2n) is 2.44. The van der Waals surface area contributed by atoms with Crippen LogP contribution in [0.4, 0.5) is 0 Å². The van der Waals surface area contributed by atoms with E-state index in [4.69, 9.17) is 7.05 Å². The van der Waals surface area contributed by atoms with Crippen LogP contribution in [-0.4, -0.2) is 6.54 Å². The molecule has 0 rings (SSSR count). The lowest BCUT2D eigenvalue weighted by Crippen LogP contribution is -2.15. The predicted octanol–water partition coefficient (Wildman–Crippen LogP) is 1.95. The SMILES string of the molecule is [C]NCC(CC)CCC.